The summed E-state index contributed by atoms with van der Waals surface area (Å²) in [6.07, 6.45) is 16.4. The molecule has 2 saturated carbocycles. The van der Waals surface area contributed by atoms with Crippen LogP contribution in [0.25, 0.3) is 0 Å². The average molecular weight is 631 g/mol. The van der Waals surface area contributed by atoms with Gasteiger partial charge in [-0.05, 0) is 96.6 Å². The monoisotopic (exact) mass is 630 g/mol. The van der Waals surface area contributed by atoms with Crippen molar-refractivity contribution < 1.29 is 22.2 Å². The van der Waals surface area contributed by atoms with Crippen LogP contribution in [0, 0.1) is 11.8 Å². The van der Waals surface area contributed by atoms with E-state index in [0.717, 1.165) is 17.8 Å². The molecule has 1 unspecified atom stereocenters. The molecule has 0 spiro atoms. The summed E-state index contributed by atoms with van der Waals surface area (Å²) < 4.78 is 5.50. The Kier molecular flexibility index (Phi) is 15.3. The van der Waals surface area contributed by atoms with Crippen LogP contribution in [0.3, 0.4) is 0 Å². The van der Waals surface area contributed by atoms with Crippen molar-refractivity contribution in [3.8, 4) is 0 Å². The summed E-state index contributed by atoms with van der Waals surface area (Å²) in [6.45, 7) is 7.64. The minimum atomic E-state index is -0.230. The zero-order chi connectivity index (χ0) is 32.6. The Morgan fingerprint density at radius 1 is 0.783 bits per heavy atom. The maximum atomic E-state index is 12.3. The van der Waals surface area contributed by atoms with Crippen LogP contribution in [0.2, 0.25) is 0 Å². The first-order valence-electron chi connectivity index (χ1n) is 18.0. The van der Waals surface area contributed by atoms with Crippen molar-refractivity contribution >= 4 is 5.97 Å². The molecule has 0 amide bonds. The molecular formula is C42H62O4. The first-order valence-corrected chi connectivity index (χ1v) is 18.0. The maximum Gasteiger partial charge on any atom is 0.338 e. The van der Waals surface area contributed by atoms with Gasteiger partial charge in [0.25, 0.3) is 0 Å². The number of carbonyl (C=O) groups is 1. The number of ether oxygens (including phenoxy) is 1. The molecule has 0 aliphatic heterocycles. The number of benzene rings is 3. The Labute approximate surface area is 282 Å². The second kappa shape index (κ2) is 19.7. The molecule has 3 aromatic rings. The molecule has 2 aliphatic rings. The van der Waals surface area contributed by atoms with Crippen molar-refractivity contribution in [2.24, 2.45) is 11.8 Å². The predicted molar refractivity (Wildman–Crippen MR) is 193 cm³/mol. The van der Waals surface area contributed by atoms with Crippen LogP contribution in [0.1, 0.15) is 151 Å². The van der Waals surface area contributed by atoms with Crippen LogP contribution < -0.4 is 0 Å². The highest BCUT2D eigenvalue weighted by Crippen LogP contribution is 2.38. The zero-order valence-corrected chi connectivity index (χ0v) is 28.9. The molecule has 5 rings (SSSR count). The quantitative estimate of drug-likeness (QED) is 0.0816. The molecule has 4 nitrogen and oxygen atoms in total. The third-order valence-electron chi connectivity index (χ3n) is 10.3. The van der Waals surface area contributed by atoms with Crippen molar-refractivity contribution in [2.45, 2.75) is 122 Å². The van der Waals surface area contributed by atoms with E-state index in [1.165, 1.54) is 99.3 Å². The Morgan fingerprint density at radius 2 is 1.37 bits per heavy atom. The number of unbranched alkanes of at least 4 members (excludes halogenated alkanes) is 2. The van der Waals surface area contributed by atoms with Gasteiger partial charge in [0.2, 0.25) is 0 Å². The molecule has 0 radical (unpaired) electrons. The number of carbonyl (C=O) groups excluding carboxylic acids is 1. The van der Waals surface area contributed by atoms with E-state index in [9.17, 15) is 4.79 Å². The van der Waals surface area contributed by atoms with Gasteiger partial charge in [0.1, 0.15) is 6.61 Å². The Morgan fingerprint density at radius 3 is 1.96 bits per heavy atom. The predicted octanol–water partition coefficient (Wildman–Crippen LogP) is 12.1. The third kappa shape index (κ3) is 11.7. The van der Waals surface area contributed by atoms with Gasteiger partial charge < -0.3 is 4.74 Å². The van der Waals surface area contributed by atoms with E-state index >= 15 is 0 Å². The molecule has 0 aromatic heterocycles. The lowest BCUT2D eigenvalue weighted by molar-refractivity contribution is -0.282. The van der Waals surface area contributed by atoms with E-state index in [0.29, 0.717) is 24.7 Å². The number of hydrogen-bond acceptors (Lipinski definition) is 4. The van der Waals surface area contributed by atoms with Gasteiger partial charge in [-0.1, -0.05) is 126 Å². The standard InChI is InChI=1S/C23H28O2.C19H30O2.2H2/c1-17-8-10-20(11-9-17)21-12-14-22(15-13-21)23(24)25-16-18(2)19-6-4-3-5-7-19;1-3-4-5-6-16-7-11-18(12-8-16)19-13-9-17(10-14-19)15-21-20-2;;/h3-7,12-15,17-18,20H,8-11,16H2,1-2H3;9-10,13-14,16,18H,3-8,11-12,15H2,1-2H3;2*1H. The van der Waals surface area contributed by atoms with Crippen LogP contribution in [-0.2, 0) is 21.1 Å². The fourth-order valence-corrected chi connectivity index (χ4v) is 7.13. The highest BCUT2D eigenvalue weighted by molar-refractivity contribution is 5.89. The summed E-state index contributed by atoms with van der Waals surface area (Å²) in [5, 5.41) is 0. The van der Waals surface area contributed by atoms with Gasteiger partial charge in [-0.25, -0.2) is 14.6 Å². The van der Waals surface area contributed by atoms with Crippen LogP contribution >= 0.6 is 0 Å². The van der Waals surface area contributed by atoms with Crippen LogP contribution in [0.15, 0.2) is 78.9 Å². The van der Waals surface area contributed by atoms with E-state index in [1.807, 2.05) is 30.3 Å². The van der Waals surface area contributed by atoms with Crippen LogP contribution in [0.5, 0.6) is 0 Å². The molecule has 4 heteroatoms. The summed E-state index contributed by atoms with van der Waals surface area (Å²) in [7, 11) is 1.55. The number of esters is 1. The maximum absolute atomic E-state index is 12.3. The normalized spacial score (nSPS) is 21.9. The molecule has 2 aliphatic carbocycles. The first kappa shape index (κ1) is 35.9. The summed E-state index contributed by atoms with van der Waals surface area (Å²) in [6, 6.07) is 27.1. The topological polar surface area (TPSA) is 44.8 Å². The molecular weight excluding hydrogens is 568 g/mol. The minimum absolute atomic E-state index is 0. The largest absolute Gasteiger partial charge is 0.461 e. The van der Waals surface area contributed by atoms with Crippen LogP contribution in [0.4, 0.5) is 0 Å². The van der Waals surface area contributed by atoms with Crippen molar-refractivity contribution in [3.05, 3.63) is 107 Å². The van der Waals surface area contributed by atoms with Gasteiger partial charge in [-0.15, -0.1) is 0 Å². The van der Waals surface area contributed by atoms with Crippen molar-refractivity contribution in [1.29, 1.82) is 0 Å². The van der Waals surface area contributed by atoms with Gasteiger partial charge in [0.05, 0.1) is 19.3 Å². The molecule has 0 N–H and O–H groups in total. The van der Waals surface area contributed by atoms with Gasteiger partial charge in [-0.2, -0.15) is 0 Å². The fourth-order valence-electron chi connectivity index (χ4n) is 7.13. The zero-order valence-electron chi connectivity index (χ0n) is 28.9. The minimum Gasteiger partial charge on any atom is -0.461 e. The molecule has 46 heavy (non-hydrogen) atoms. The average Bonchev–Trinajstić information content (AvgIpc) is 3.11. The van der Waals surface area contributed by atoms with Gasteiger partial charge >= 0.3 is 5.97 Å². The molecule has 2 fully saturated rings. The van der Waals surface area contributed by atoms with E-state index < -0.39 is 0 Å². The van der Waals surface area contributed by atoms with E-state index in [4.69, 9.17) is 9.62 Å². The van der Waals surface area contributed by atoms with E-state index in [1.54, 1.807) is 7.11 Å². The molecule has 0 saturated heterocycles. The number of rotatable bonds is 13. The van der Waals surface area contributed by atoms with Crippen LogP contribution in [-0.4, -0.2) is 19.7 Å². The van der Waals surface area contributed by atoms with Gasteiger partial charge in [-0.3, -0.25) is 0 Å². The van der Waals surface area contributed by atoms with E-state index in [2.05, 4.69) is 74.2 Å². The number of hydrogen-bond donors (Lipinski definition) is 0. The Balaban J connectivity index is 0.000000325. The van der Waals surface area contributed by atoms with Crippen molar-refractivity contribution in [3.63, 3.8) is 0 Å². The molecule has 3 aromatic carbocycles. The Hall–Kier alpha value is -2.95. The molecule has 254 valence electrons. The highest BCUT2D eigenvalue weighted by Gasteiger charge is 2.22. The lowest BCUT2D eigenvalue weighted by Gasteiger charge is -2.29. The summed E-state index contributed by atoms with van der Waals surface area (Å²) in [5.41, 5.74) is 5.88. The Bertz CT molecular complexity index is 1250. The lowest BCUT2D eigenvalue weighted by atomic mass is 9.77. The lowest BCUT2D eigenvalue weighted by Crippen LogP contribution is -2.13. The molecule has 0 heterocycles. The molecule has 0 bridgehead atoms. The smallest absolute Gasteiger partial charge is 0.338 e. The highest BCUT2D eigenvalue weighted by atomic mass is 17.2. The van der Waals surface area contributed by atoms with Crippen molar-refractivity contribution in [2.75, 3.05) is 13.7 Å². The van der Waals surface area contributed by atoms with Gasteiger partial charge in [0.15, 0.2) is 0 Å². The van der Waals surface area contributed by atoms with Crippen molar-refractivity contribution in [1.82, 2.24) is 0 Å². The van der Waals surface area contributed by atoms with Gasteiger partial charge in [0, 0.05) is 8.77 Å². The summed E-state index contributed by atoms with van der Waals surface area (Å²) in [4.78, 5) is 21.9. The summed E-state index contributed by atoms with van der Waals surface area (Å²) in [5.74, 6) is 3.24. The second-order valence-corrected chi connectivity index (χ2v) is 13.9. The SMILES string of the molecule is CC1CCC(c2ccc(C(=O)OCC(C)c3ccccc3)cc2)CC1.CCCCCC1CCC(c2ccc(COOC)cc2)CC1.[HH].[HH]. The summed E-state index contributed by atoms with van der Waals surface area (Å²) >= 11 is 0. The van der Waals surface area contributed by atoms with E-state index in [-0.39, 0.29) is 14.7 Å². The fraction of sp³-hybridized carbons (Fsp3) is 0.548. The first-order chi connectivity index (χ1) is 22.5. The second-order valence-electron chi connectivity index (χ2n) is 13.9. The third-order valence-corrected chi connectivity index (χ3v) is 10.3. The molecule has 1 atom stereocenters.